The van der Waals surface area contributed by atoms with Crippen LogP contribution in [0.25, 0.3) is 0 Å². The van der Waals surface area contributed by atoms with E-state index in [1.54, 1.807) is 23.1 Å². The van der Waals surface area contributed by atoms with Gasteiger partial charge in [0.15, 0.2) is 0 Å². The van der Waals surface area contributed by atoms with Crippen LogP contribution in [0.1, 0.15) is 46.1 Å². The van der Waals surface area contributed by atoms with Gasteiger partial charge in [0.05, 0.1) is 4.90 Å². The van der Waals surface area contributed by atoms with Gasteiger partial charge >= 0.3 is 6.09 Å². The summed E-state index contributed by atoms with van der Waals surface area (Å²) in [6.07, 6.45) is 1.17. The Morgan fingerprint density at radius 3 is 2.41 bits per heavy atom. The molecule has 1 atom stereocenters. The molecule has 152 valence electrons. The molecule has 1 fully saturated rings. The third kappa shape index (κ3) is 6.19. The number of hydrogen-bond acceptors (Lipinski definition) is 4. The van der Waals surface area contributed by atoms with E-state index in [9.17, 15) is 13.2 Å². The standard InChI is InChI=1S/C19H29BrN2O4S/c1-13-12-16(6-7-17(13)20)27(24,25)21-14(2)15-8-10-22(11-9-15)18(23)26-19(3,4)5/h6-7,12,14-15,21H,8-11H2,1-5H3/t14-/m1/s1. The van der Waals surface area contributed by atoms with Crippen molar-refractivity contribution in [2.24, 2.45) is 5.92 Å². The Morgan fingerprint density at radius 2 is 1.89 bits per heavy atom. The van der Waals surface area contributed by atoms with Crippen LogP contribution in [0.3, 0.4) is 0 Å². The van der Waals surface area contributed by atoms with E-state index in [0.29, 0.717) is 13.1 Å². The van der Waals surface area contributed by atoms with Crippen LogP contribution >= 0.6 is 15.9 Å². The van der Waals surface area contributed by atoms with Gasteiger partial charge in [-0.2, -0.15) is 0 Å². The van der Waals surface area contributed by atoms with Crippen LogP contribution in [-0.2, 0) is 14.8 Å². The maximum Gasteiger partial charge on any atom is 0.410 e. The number of carbonyl (C=O) groups is 1. The molecular weight excluding hydrogens is 432 g/mol. The van der Waals surface area contributed by atoms with Gasteiger partial charge in [-0.05, 0) is 77.1 Å². The smallest absolute Gasteiger partial charge is 0.410 e. The molecule has 0 aliphatic carbocycles. The van der Waals surface area contributed by atoms with Crippen LogP contribution in [0.2, 0.25) is 0 Å². The zero-order valence-corrected chi connectivity index (χ0v) is 19.0. The molecule has 1 saturated heterocycles. The Hall–Kier alpha value is -1.12. The summed E-state index contributed by atoms with van der Waals surface area (Å²) in [5.74, 6) is 0.176. The molecule has 6 nitrogen and oxygen atoms in total. The number of nitrogens with zero attached hydrogens (tertiary/aromatic N) is 1. The Bertz CT molecular complexity index is 781. The molecule has 1 heterocycles. The van der Waals surface area contributed by atoms with Crippen molar-refractivity contribution in [1.29, 1.82) is 0 Å². The van der Waals surface area contributed by atoms with Crippen molar-refractivity contribution in [2.45, 2.75) is 64.0 Å². The van der Waals surface area contributed by atoms with Crippen LogP contribution in [-0.4, -0.2) is 44.1 Å². The second-order valence-corrected chi connectivity index (χ2v) is 10.7. The summed E-state index contributed by atoms with van der Waals surface area (Å²) in [5, 5.41) is 0. The van der Waals surface area contributed by atoms with Crippen molar-refractivity contribution < 1.29 is 17.9 Å². The number of ether oxygens (including phenoxy) is 1. The topological polar surface area (TPSA) is 75.7 Å². The zero-order chi connectivity index (χ0) is 20.4. The number of halogens is 1. The molecule has 0 spiro atoms. The van der Waals surface area contributed by atoms with Crippen LogP contribution in [0.15, 0.2) is 27.6 Å². The maximum absolute atomic E-state index is 12.7. The molecule has 1 amide bonds. The van der Waals surface area contributed by atoms with Gasteiger partial charge in [0.25, 0.3) is 0 Å². The van der Waals surface area contributed by atoms with E-state index < -0.39 is 15.6 Å². The third-order valence-electron chi connectivity index (χ3n) is 4.68. The molecule has 1 aromatic rings. The molecule has 1 aliphatic rings. The first-order valence-corrected chi connectivity index (χ1v) is 11.4. The van der Waals surface area contributed by atoms with Crippen molar-refractivity contribution in [3.63, 3.8) is 0 Å². The maximum atomic E-state index is 12.7. The summed E-state index contributed by atoms with van der Waals surface area (Å²) < 4.78 is 34.4. The number of aryl methyl sites for hydroxylation is 1. The Labute approximate surface area is 170 Å². The van der Waals surface area contributed by atoms with Crippen LogP contribution < -0.4 is 4.72 Å². The highest BCUT2D eigenvalue weighted by Crippen LogP contribution is 2.25. The Balaban J connectivity index is 1.94. The summed E-state index contributed by atoms with van der Waals surface area (Å²) >= 11 is 3.39. The van der Waals surface area contributed by atoms with Gasteiger partial charge in [-0.1, -0.05) is 15.9 Å². The first-order chi connectivity index (χ1) is 12.4. The van der Waals surface area contributed by atoms with Crippen molar-refractivity contribution in [1.82, 2.24) is 9.62 Å². The largest absolute Gasteiger partial charge is 0.444 e. The number of nitrogens with one attached hydrogen (secondary N) is 1. The minimum atomic E-state index is -3.58. The fourth-order valence-electron chi connectivity index (χ4n) is 3.10. The highest BCUT2D eigenvalue weighted by molar-refractivity contribution is 9.10. The second kappa shape index (κ2) is 8.49. The number of piperidine rings is 1. The molecule has 2 rings (SSSR count). The molecule has 27 heavy (non-hydrogen) atoms. The second-order valence-electron chi connectivity index (χ2n) is 8.13. The predicted octanol–water partition coefficient (Wildman–Crippen LogP) is 4.07. The first kappa shape index (κ1) is 22.2. The predicted molar refractivity (Wildman–Crippen MR) is 109 cm³/mol. The lowest BCUT2D eigenvalue weighted by Crippen LogP contribution is -2.46. The SMILES string of the molecule is Cc1cc(S(=O)(=O)N[C@H](C)C2CCN(C(=O)OC(C)(C)C)CC2)ccc1Br. The van der Waals surface area contributed by atoms with E-state index >= 15 is 0 Å². The minimum absolute atomic E-state index is 0.176. The number of benzene rings is 1. The van der Waals surface area contributed by atoms with Crippen LogP contribution in [0, 0.1) is 12.8 Å². The zero-order valence-electron chi connectivity index (χ0n) is 16.6. The van der Waals surface area contributed by atoms with Gasteiger partial charge in [-0.15, -0.1) is 0 Å². The Kier molecular flexibility index (Phi) is 6.97. The van der Waals surface area contributed by atoms with Crippen molar-refractivity contribution in [3.05, 3.63) is 28.2 Å². The lowest BCUT2D eigenvalue weighted by molar-refractivity contribution is 0.0174. The molecule has 0 bridgehead atoms. The normalized spacial score (nSPS) is 17.6. The summed E-state index contributed by atoms with van der Waals surface area (Å²) in [6, 6.07) is 4.79. The number of amides is 1. The number of likely N-dealkylation sites (tertiary alicyclic amines) is 1. The van der Waals surface area contributed by atoms with Crippen molar-refractivity contribution in [3.8, 4) is 0 Å². The van der Waals surface area contributed by atoms with Crippen LogP contribution in [0.5, 0.6) is 0 Å². The molecule has 0 radical (unpaired) electrons. The van der Waals surface area contributed by atoms with E-state index in [1.807, 2.05) is 34.6 Å². The highest BCUT2D eigenvalue weighted by Gasteiger charge is 2.31. The van der Waals surface area contributed by atoms with Gasteiger partial charge in [0.2, 0.25) is 10.0 Å². The number of sulfonamides is 1. The molecule has 1 aliphatic heterocycles. The summed E-state index contributed by atoms with van der Waals surface area (Å²) in [6.45, 7) is 10.4. The van der Waals surface area contributed by atoms with Gasteiger partial charge in [-0.25, -0.2) is 17.9 Å². The quantitative estimate of drug-likeness (QED) is 0.734. The lowest BCUT2D eigenvalue weighted by atomic mass is 9.91. The van der Waals surface area contributed by atoms with E-state index in [-0.39, 0.29) is 22.9 Å². The molecular formula is C19H29BrN2O4S. The fourth-order valence-corrected chi connectivity index (χ4v) is 4.75. The van der Waals surface area contributed by atoms with Gasteiger partial charge < -0.3 is 9.64 Å². The molecule has 1 N–H and O–H groups in total. The average molecular weight is 461 g/mol. The highest BCUT2D eigenvalue weighted by atomic mass is 79.9. The monoisotopic (exact) mass is 460 g/mol. The summed E-state index contributed by atoms with van der Waals surface area (Å²) in [7, 11) is -3.58. The number of hydrogen-bond donors (Lipinski definition) is 1. The first-order valence-electron chi connectivity index (χ1n) is 9.15. The summed E-state index contributed by atoms with van der Waals surface area (Å²) in [5.41, 5.74) is 0.357. The van der Waals surface area contributed by atoms with E-state index in [2.05, 4.69) is 20.7 Å². The van der Waals surface area contributed by atoms with Gasteiger partial charge in [-0.3, -0.25) is 0 Å². The average Bonchev–Trinajstić information content (AvgIpc) is 2.55. The molecule has 1 aromatic carbocycles. The molecule has 0 saturated carbocycles. The number of carbonyl (C=O) groups excluding carboxylic acids is 1. The van der Waals surface area contributed by atoms with Crippen molar-refractivity contribution in [2.75, 3.05) is 13.1 Å². The Morgan fingerprint density at radius 1 is 1.30 bits per heavy atom. The van der Waals surface area contributed by atoms with E-state index in [1.165, 1.54) is 0 Å². The molecule has 0 aromatic heterocycles. The van der Waals surface area contributed by atoms with E-state index in [4.69, 9.17) is 4.74 Å². The van der Waals surface area contributed by atoms with Gasteiger partial charge in [0.1, 0.15) is 5.60 Å². The van der Waals surface area contributed by atoms with E-state index in [0.717, 1.165) is 22.9 Å². The third-order valence-corrected chi connectivity index (χ3v) is 7.13. The minimum Gasteiger partial charge on any atom is -0.444 e. The lowest BCUT2D eigenvalue weighted by Gasteiger charge is -2.35. The van der Waals surface area contributed by atoms with Gasteiger partial charge in [0, 0.05) is 23.6 Å². The summed E-state index contributed by atoms with van der Waals surface area (Å²) in [4.78, 5) is 14.1. The van der Waals surface area contributed by atoms with Crippen molar-refractivity contribution >= 4 is 32.0 Å². The van der Waals surface area contributed by atoms with Crippen LogP contribution in [0.4, 0.5) is 4.79 Å². The fraction of sp³-hybridized carbons (Fsp3) is 0.632. The molecule has 8 heteroatoms. The molecule has 0 unspecified atom stereocenters. The number of rotatable bonds is 4.